The lowest BCUT2D eigenvalue weighted by Gasteiger charge is -2.15. The molecule has 0 saturated carbocycles. The summed E-state index contributed by atoms with van der Waals surface area (Å²) in [6, 6.07) is 2.00. The molecule has 1 heterocycles. The summed E-state index contributed by atoms with van der Waals surface area (Å²) in [7, 11) is 2.10. The van der Waals surface area contributed by atoms with Crippen molar-refractivity contribution in [2.75, 3.05) is 26.8 Å². The molecule has 1 aromatic heterocycles. The molecule has 18 heavy (non-hydrogen) atoms. The first-order valence-electron chi connectivity index (χ1n) is 6.23. The van der Waals surface area contributed by atoms with E-state index < -0.39 is 0 Å². The van der Waals surface area contributed by atoms with Crippen LogP contribution in [-0.2, 0) is 6.54 Å². The number of hydrogen-bond donors (Lipinski definition) is 2. The van der Waals surface area contributed by atoms with E-state index in [2.05, 4.69) is 23.8 Å². The van der Waals surface area contributed by atoms with E-state index in [-0.39, 0.29) is 13.2 Å². The summed E-state index contributed by atoms with van der Waals surface area (Å²) >= 11 is 1.71. The van der Waals surface area contributed by atoms with Crippen LogP contribution in [0.25, 0.3) is 0 Å². The summed E-state index contributed by atoms with van der Waals surface area (Å²) in [5.74, 6) is 5.67. The smallest absolute Gasteiger partial charge is 0.104 e. The Morgan fingerprint density at radius 3 is 2.83 bits per heavy atom. The van der Waals surface area contributed by atoms with Crippen molar-refractivity contribution in [1.29, 1.82) is 0 Å². The highest BCUT2D eigenvalue weighted by molar-refractivity contribution is 7.10. The summed E-state index contributed by atoms with van der Waals surface area (Å²) in [5.41, 5.74) is 1.02. The third kappa shape index (κ3) is 5.65. The Labute approximate surface area is 113 Å². The van der Waals surface area contributed by atoms with Gasteiger partial charge >= 0.3 is 0 Å². The number of thiophene rings is 1. The Hall–Kier alpha value is -0.860. The van der Waals surface area contributed by atoms with Gasteiger partial charge in [0.25, 0.3) is 0 Å². The van der Waals surface area contributed by atoms with Crippen LogP contribution in [0.15, 0.2) is 11.4 Å². The van der Waals surface area contributed by atoms with Crippen LogP contribution >= 0.6 is 11.3 Å². The average molecular weight is 267 g/mol. The first kappa shape index (κ1) is 15.2. The average Bonchev–Trinajstić information content (AvgIpc) is 2.79. The molecule has 1 rings (SSSR count). The van der Waals surface area contributed by atoms with Gasteiger partial charge in [0.05, 0.1) is 0 Å². The standard InChI is InChI=1S/C14H21NO2S/c1-15(8-3-2-4-9-16)12-14-13(6-5-10-17)7-11-18-14/h7,11,16-17H,2-4,8-10,12H2,1H3. The van der Waals surface area contributed by atoms with Crippen LogP contribution in [0.1, 0.15) is 29.7 Å². The molecule has 0 saturated heterocycles. The lowest BCUT2D eigenvalue weighted by atomic mass is 10.2. The van der Waals surface area contributed by atoms with E-state index in [0.717, 1.165) is 37.9 Å². The molecule has 0 unspecified atom stereocenters. The number of aliphatic hydroxyl groups excluding tert-OH is 2. The van der Waals surface area contributed by atoms with Gasteiger partial charge < -0.3 is 15.1 Å². The zero-order valence-electron chi connectivity index (χ0n) is 10.9. The minimum atomic E-state index is -0.0910. The topological polar surface area (TPSA) is 43.7 Å². The highest BCUT2D eigenvalue weighted by atomic mass is 32.1. The predicted molar refractivity (Wildman–Crippen MR) is 75.6 cm³/mol. The summed E-state index contributed by atoms with van der Waals surface area (Å²) in [5, 5.41) is 19.5. The molecule has 0 spiro atoms. The van der Waals surface area contributed by atoms with Crippen LogP contribution in [0.4, 0.5) is 0 Å². The van der Waals surface area contributed by atoms with Gasteiger partial charge in [0, 0.05) is 23.6 Å². The molecule has 4 heteroatoms. The van der Waals surface area contributed by atoms with Crippen molar-refractivity contribution >= 4 is 11.3 Å². The number of unbranched alkanes of at least 4 members (excludes halogenated alkanes) is 2. The third-order valence-corrected chi connectivity index (χ3v) is 3.56. The summed E-state index contributed by atoms with van der Waals surface area (Å²) in [6.07, 6.45) is 3.07. The van der Waals surface area contributed by atoms with Crippen LogP contribution in [0.3, 0.4) is 0 Å². The normalized spacial score (nSPS) is 10.4. The van der Waals surface area contributed by atoms with Crippen molar-refractivity contribution in [2.45, 2.75) is 25.8 Å². The second-order valence-corrected chi connectivity index (χ2v) is 5.24. The fourth-order valence-electron chi connectivity index (χ4n) is 1.70. The quantitative estimate of drug-likeness (QED) is 0.583. The van der Waals surface area contributed by atoms with Gasteiger partial charge in [0.1, 0.15) is 6.61 Å². The molecular formula is C14H21NO2S. The molecule has 0 aliphatic heterocycles. The third-order valence-electron chi connectivity index (χ3n) is 2.66. The van der Waals surface area contributed by atoms with Crippen LogP contribution in [-0.4, -0.2) is 41.9 Å². The molecule has 100 valence electrons. The van der Waals surface area contributed by atoms with E-state index in [4.69, 9.17) is 10.2 Å². The highest BCUT2D eigenvalue weighted by Gasteiger charge is 2.05. The van der Waals surface area contributed by atoms with E-state index in [1.165, 1.54) is 4.88 Å². The van der Waals surface area contributed by atoms with Crippen molar-refractivity contribution in [1.82, 2.24) is 4.90 Å². The van der Waals surface area contributed by atoms with Gasteiger partial charge in [-0.15, -0.1) is 11.3 Å². The SMILES string of the molecule is CN(CCCCCO)Cc1sccc1C#CCO. The number of aliphatic hydroxyl groups is 2. The van der Waals surface area contributed by atoms with E-state index >= 15 is 0 Å². The molecule has 0 fully saturated rings. The second-order valence-electron chi connectivity index (χ2n) is 4.24. The van der Waals surface area contributed by atoms with Crippen LogP contribution in [0.5, 0.6) is 0 Å². The molecule has 1 aromatic rings. The lowest BCUT2D eigenvalue weighted by Crippen LogP contribution is -2.19. The zero-order valence-corrected chi connectivity index (χ0v) is 11.7. The monoisotopic (exact) mass is 267 g/mol. The van der Waals surface area contributed by atoms with Crippen molar-refractivity contribution in [3.63, 3.8) is 0 Å². The van der Waals surface area contributed by atoms with Gasteiger partial charge in [-0.3, -0.25) is 0 Å². The molecule has 0 bridgehead atoms. The Kier molecular flexibility index (Phi) is 7.70. The molecule has 0 radical (unpaired) electrons. The maximum atomic E-state index is 8.71. The summed E-state index contributed by atoms with van der Waals surface area (Å²) < 4.78 is 0. The van der Waals surface area contributed by atoms with E-state index in [0.29, 0.717) is 0 Å². The highest BCUT2D eigenvalue weighted by Crippen LogP contribution is 2.17. The Bertz CT molecular complexity index is 392. The minimum Gasteiger partial charge on any atom is -0.396 e. The van der Waals surface area contributed by atoms with Crippen molar-refractivity contribution in [2.24, 2.45) is 0 Å². The maximum Gasteiger partial charge on any atom is 0.104 e. The second kappa shape index (κ2) is 9.12. The van der Waals surface area contributed by atoms with E-state index in [1.54, 1.807) is 11.3 Å². The van der Waals surface area contributed by atoms with Crippen LogP contribution < -0.4 is 0 Å². The Morgan fingerprint density at radius 1 is 1.28 bits per heavy atom. The van der Waals surface area contributed by atoms with Gasteiger partial charge in [0.15, 0.2) is 0 Å². The Balaban J connectivity index is 2.39. The molecular weight excluding hydrogens is 246 g/mol. The summed E-state index contributed by atoms with van der Waals surface area (Å²) in [6.45, 7) is 2.12. The zero-order chi connectivity index (χ0) is 13.2. The van der Waals surface area contributed by atoms with Crippen molar-refractivity contribution in [3.05, 3.63) is 21.9 Å². The lowest BCUT2D eigenvalue weighted by molar-refractivity contribution is 0.271. The van der Waals surface area contributed by atoms with Gasteiger partial charge in [-0.25, -0.2) is 0 Å². The first-order chi connectivity index (χ1) is 8.77. The maximum absolute atomic E-state index is 8.71. The largest absolute Gasteiger partial charge is 0.396 e. The predicted octanol–water partition coefficient (Wildman–Crippen LogP) is 1.69. The Morgan fingerprint density at radius 2 is 2.11 bits per heavy atom. The van der Waals surface area contributed by atoms with Gasteiger partial charge in [-0.05, 0) is 44.3 Å². The molecule has 0 aromatic carbocycles. The van der Waals surface area contributed by atoms with Crippen molar-refractivity contribution in [3.8, 4) is 11.8 Å². The molecule has 0 amide bonds. The molecule has 0 aliphatic rings. The van der Waals surface area contributed by atoms with Crippen LogP contribution in [0, 0.1) is 11.8 Å². The number of rotatable bonds is 7. The molecule has 2 N–H and O–H groups in total. The summed E-state index contributed by atoms with van der Waals surface area (Å²) in [4.78, 5) is 3.52. The minimum absolute atomic E-state index is 0.0910. The number of hydrogen-bond acceptors (Lipinski definition) is 4. The van der Waals surface area contributed by atoms with E-state index in [9.17, 15) is 0 Å². The van der Waals surface area contributed by atoms with Gasteiger partial charge in [0.2, 0.25) is 0 Å². The van der Waals surface area contributed by atoms with E-state index in [1.807, 2.05) is 11.4 Å². The molecule has 0 atom stereocenters. The fraction of sp³-hybridized carbons (Fsp3) is 0.571. The fourth-order valence-corrected chi connectivity index (χ4v) is 2.61. The first-order valence-corrected chi connectivity index (χ1v) is 7.11. The molecule has 3 nitrogen and oxygen atoms in total. The number of nitrogens with zero attached hydrogens (tertiary/aromatic N) is 1. The van der Waals surface area contributed by atoms with Gasteiger partial charge in [-0.1, -0.05) is 11.8 Å². The van der Waals surface area contributed by atoms with Crippen LogP contribution in [0.2, 0.25) is 0 Å². The van der Waals surface area contributed by atoms with Gasteiger partial charge in [-0.2, -0.15) is 0 Å². The van der Waals surface area contributed by atoms with Crippen molar-refractivity contribution < 1.29 is 10.2 Å². The molecule has 0 aliphatic carbocycles.